The molecule has 0 aliphatic heterocycles. The largest absolute Gasteiger partial charge is 0.462 e. The van der Waals surface area contributed by atoms with E-state index in [1.807, 2.05) is 0 Å². The van der Waals surface area contributed by atoms with Crippen LogP contribution >= 0.6 is 0 Å². The molecule has 0 N–H and O–H groups in total. The van der Waals surface area contributed by atoms with Crippen molar-refractivity contribution in [3.8, 4) is 0 Å². The molecule has 2 aromatic rings. The molecule has 1 heterocycles. The first-order valence-corrected chi connectivity index (χ1v) is 8.08. The predicted molar refractivity (Wildman–Crippen MR) is 77.5 cm³/mol. The lowest BCUT2D eigenvalue weighted by Crippen LogP contribution is -2.08. The number of hydrogen-bond acceptors (Lipinski definition) is 5. The fourth-order valence-electron chi connectivity index (χ4n) is 1.78. The van der Waals surface area contributed by atoms with Gasteiger partial charge < -0.3 is 4.74 Å². The van der Waals surface area contributed by atoms with Gasteiger partial charge in [-0.2, -0.15) is 0 Å². The van der Waals surface area contributed by atoms with E-state index < -0.39 is 15.8 Å². The van der Waals surface area contributed by atoms with E-state index in [1.54, 1.807) is 43.3 Å². The van der Waals surface area contributed by atoms with E-state index >= 15 is 0 Å². The molecule has 0 aliphatic carbocycles. The summed E-state index contributed by atoms with van der Waals surface area (Å²) in [4.78, 5) is 15.4. The standard InChI is InChI=1S/C15H15NO4S/c1-2-20-15(17)13-8-6-12(7-9-13)11-21(18,19)14-5-3-4-10-16-14/h3-10H,2,11H2,1H3. The Hall–Kier alpha value is -2.21. The van der Waals surface area contributed by atoms with Gasteiger partial charge in [0.1, 0.15) is 0 Å². The average Bonchev–Trinajstić information content (AvgIpc) is 2.49. The number of ether oxygens (including phenoxy) is 1. The summed E-state index contributed by atoms with van der Waals surface area (Å²) in [6.07, 6.45) is 1.44. The van der Waals surface area contributed by atoms with Crippen LogP contribution in [0.3, 0.4) is 0 Å². The Labute approximate surface area is 123 Å². The first-order valence-electron chi connectivity index (χ1n) is 6.43. The summed E-state index contributed by atoms with van der Waals surface area (Å²) >= 11 is 0. The number of aromatic nitrogens is 1. The van der Waals surface area contributed by atoms with Crippen LogP contribution in [0.25, 0.3) is 0 Å². The summed E-state index contributed by atoms with van der Waals surface area (Å²) in [6, 6.07) is 11.1. The number of rotatable bonds is 5. The van der Waals surface area contributed by atoms with E-state index in [-0.39, 0.29) is 10.8 Å². The number of sulfone groups is 1. The summed E-state index contributed by atoms with van der Waals surface area (Å²) in [5.41, 5.74) is 0.990. The smallest absolute Gasteiger partial charge is 0.338 e. The van der Waals surface area contributed by atoms with Gasteiger partial charge in [0.05, 0.1) is 17.9 Å². The molecule has 110 valence electrons. The number of carbonyl (C=O) groups excluding carboxylic acids is 1. The highest BCUT2D eigenvalue weighted by atomic mass is 32.2. The third-order valence-corrected chi connectivity index (χ3v) is 4.37. The molecule has 0 radical (unpaired) electrons. The molecule has 2 rings (SSSR count). The normalized spacial score (nSPS) is 11.1. The van der Waals surface area contributed by atoms with Crippen LogP contribution in [0, 0.1) is 0 Å². The Kier molecular flexibility index (Phi) is 4.70. The van der Waals surface area contributed by atoms with Gasteiger partial charge in [-0.05, 0) is 36.8 Å². The molecule has 21 heavy (non-hydrogen) atoms. The number of esters is 1. The zero-order valence-electron chi connectivity index (χ0n) is 11.5. The molecule has 0 saturated carbocycles. The van der Waals surface area contributed by atoms with E-state index in [0.29, 0.717) is 17.7 Å². The maximum atomic E-state index is 12.2. The Morgan fingerprint density at radius 2 is 1.86 bits per heavy atom. The second-order valence-corrected chi connectivity index (χ2v) is 6.28. The topological polar surface area (TPSA) is 73.3 Å². The van der Waals surface area contributed by atoms with Crippen molar-refractivity contribution in [1.82, 2.24) is 4.98 Å². The average molecular weight is 305 g/mol. The van der Waals surface area contributed by atoms with Crippen LogP contribution in [0.2, 0.25) is 0 Å². The molecule has 0 saturated heterocycles. The Morgan fingerprint density at radius 3 is 2.43 bits per heavy atom. The molecule has 1 aromatic carbocycles. The molecule has 0 fully saturated rings. The zero-order chi connectivity index (χ0) is 15.3. The van der Waals surface area contributed by atoms with Gasteiger partial charge in [-0.15, -0.1) is 0 Å². The third kappa shape index (κ3) is 3.88. The molecule has 0 bridgehead atoms. The van der Waals surface area contributed by atoms with Gasteiger partial charge in [0.2, 0.25) is 0 Å². The van der Waals surface area contributed by atoms with Gasteiger partial charge in [0, 0.05) is 6.20 Å². The van der Waals surface area contributed by atoms with Crippen molar-refractivity contribution in [2.75, 3.05) is 6.61 Å². The molecule has 0 amide bonds. The minimum atomic E-state index is -3.48. The highest BCUT2D eigenvalue weighted by molar-refractivity contribution is 7.90. The molecule has 0 spiro atoms. The molecule has 1 aromatic heterocycles. The van der Waals surface area contributed by atoms with Crippen LogP contribution < -0.4 is 0 Å². The zero-order valence-corrected chi connectivity index (χ0v) is 12.3. The second kappa shape index (κ2) is 6.49. The fraction of sp³-hybridized carbons (Fsp3) is 0.200. The summed E-state index contributed by atoms with van der Waals surface area (Å²) in [5.74, 6) is -0.579. The van der Waals surface area contributed by atoms with E-state index in [1.165, 1.54) is 12.3 Å². The minimum Gasteiger partial charge on any atom is -0.462 e. The summed E-state index contributed by atoms with van der Waals surface area (Å²) in [7, 11) is -3.48. The van der Waals surface area contributed by atoms with Gasteiger partial charge in [0.25, 0.3) is 0 Å². The van der Waals surface area contributed by atoms with Crippen molar-refractivity contribution in [3.05, 3.63) is 59.8 Å². The number of pyridine rings is 1. The van der Waals surface area contributed by atoms with Gasteiger partial charge in [-0.1, -0.05) is 18.2 Å². The van der Waals surface area contributed by atoms with Crippen LogP contribution in [0.4, 0.5) is 0 Å². The first-order chi connectivity index (χ1) is 10.0. The maximum absolute atomic E-state index is 12.2. The van der Waals surface area contributed by atoms with Gasteiger partial charge in [0.15, 0.2) is 14.9 Å². The maximum Gasteiger partial charge on any atom is 0.338 e. The highest BCUT2D eigenvalue weighted by Crippen LogP contribution is 2.15. The molecular formula is C15H15NO4S. The first kappa shape index (κ1) is 15.2. The van der Waals surface area contributed by atoms with Gasteiger partial charge >= 0.3 is 5.97 Å². The lowest BCUT2D eigenvalue weighted by atomic mass is 10.1. The summed E-state index contributed by atoms with van der Waals surface area (Å²) < 4.78 is 29.2. The molecular weight excluding hydrogens is 290 g/mol. The van der Waals surface area contributed by atoms with Crippen molar-refractivity contribution in [3.63, 3.8) is 0 Å². The van der Waals surface area contributed by atoms with E-state index in [9.17, 15) is 13.2 Å². The van der Waals surface area contributed by atoms with Crippen LogP contribution in [0.15, 0.2) is 53.7 Å². The number of benzene rings is 1. The molecule has 0 aliphatic rings. The highest BCUT2D eigenvalue weighted by Gasteiger charge is 2.16. The van der Waals surface area contributed by atoms with Crippen molar-refractivity contribution >= 4 is 15.8 Å². The molecule has 5 nitrogen and oxygen atoms in total. The molecule has 6 heteroatoms. The van der Waals surface area contributed by atoms with Crippen LogP contribution in [-0.4, -0.2) is 26.0 Å². The monoisotopic (exact) mass is 305 g/mol. The third-order valence-electron chi connectivity index (χ3n) is 2.78. The van der Waals surface area contributed by atoms with E-state index in [4.69, 9.17) is 4.74 Å². The van der Waals surface area contributed by atoms with Gasteiger partial charge in [-0.25, -0.2) is 18.2 Å². The summed E-state index contributed by atoms with van der Waals surface area (Å²) in [6.45, 7) is 2.03. The second-order valence-electron chi connectivity index (χ2n) is 4.34. The van der Waals surface area contributed by atoms with Crippen molar-refractivity contribution < 1.29 is 17.9 Å². The van der Waals surface area contributed by atoms with Crippen LogP contribution in [0.5, 0.6) is 0 Å². The predicted octanol–water partition coefficient (Wildman–Crippen LogP) is 2.23. The number of nitrogens with zero attached hydrogens (tertiary/aromatic N) is 1. The van der Waals surface area contributed by atoms with Crippen LogP contribution in [-0.2, 0) is 20.3 Å². The SMILES string of the molecule is CCOC(=O)c1ccc(CS(=O)(=O)c2ccccn2)cc1. The Balaban J connectivity index is 2.15. The fourth-order valence-corrected chi connectivity index (χ4v) is 3.06. The Bertz CT molecular complexity index is 709. The minimum absolute atomic E-state index is 0.0412. The molecule has 0 unspecified atom stereocenters. The number of hydrogen-bond donors (Lipinski definition) is 0. The van der Waals surface area contributed by atoms with E-state index in [2.05, 4.69) is 4.98 Å². The van der Waals surface area contributed by atoms with E-state index in [0.717, 1.165) is 0 Å². The lowest BCUT2D eigenvalue weighted by molar-refractivity contribution is 0.0526. The summed E-state index contributed by atoms with van der Waals surface area (Å²) in [5, 5.41) is 0.0412. The van der Waals surface area contributed by atoms with Gasteiger partial charge in [-0.3, -0.25) is 0 Å². The van der Waals surface area contributed by atoms with Crippen molar-refractivity contribution in [1.29, 1.82) is 0 Å². The van der Waals surface area contributed by atoms with Crippen molar-refractivity contribution in [2.45, 2.75) is 17.7 Å². The van der Waals surface area contributed by atoms with Crippen molar-refractivity contribution in [2.24, 2.45) is 0 Å². The number of carbonyl (C=O) groups is 1. The Morgan fingerprint density at radius 1 is 1.14 bits per heavy atom. The lowest BCUT2D eigenvalue weighted by Gasteiger charge is -2.05. The van der Waals surface area contributed by atoms with Crippen LogP contribution in [0.1, 0.15) is 22.8 Å². The molecule has 0 atom stereocenters. The quantitative estimate of drug-likeness (QED) is 0.792.